The number of rotatable bonds is 6. The summed E-state index contributed by atoms with van der Waals surface area (Å²) in [5.41, 5.74) is 1.19. The smallest absolute Gasteiger partial charge is 0.338 e. The van der Waals surface area contributed by atoms with E-state index in [4.69, 9.17) is 27.9 Å². The molecule has 1 aliphatic rings. The van der Waals surface area contributed by atoms with Gasteiger partial charge in [-0.15, -0.1) is 0 Å². The Balaban J connectivity index is 1.69. The molecule has 7 nitrogen and oxygen atoms in total. The van der Waals surface area contributed by atoms with Crippen molar-refractivity contribution < 1.29 is 22.7 Å². The second-order valence-corrected chi connectivity index (χ2v) is 9.87. The SMILES string of the molecule is Cc1c(Cl)cccc1NC(=O)COC(=O)c1ccc(Cl)c(S(=O)(=O)N2CCCCC2)c1. The van der Waals surface area contributed by atoms with Crippen LogP contribution in [0.1, 0.15) is 35.2 Å². The summed E-state index contributed by atoms with van der Waals surface area (Å²) < 4.78 is 32.3. The molecule has 10 heteroatoms. The van der Waals surface area contributed by atoms with E-state index in [2.05, 4.69) is 5.32 Å². The fraction of sp³-hybridized carbons (Fsp3) is 0.333. The lowest BCUT2D eigenvalue weighted by Crippen LogP contribution is -2.35. The number of carbonyl (C=O) groups excluding carboxylic acids is 2. The van der Waals surface area contributed by atoms with Gasteiger partial charge < -0.3 is 10.1 Å². The highest BCUT2D eigenvalue weighted by Crippen LogP contribution is 2.28. The Hall–Kier alpha value is -2.13. The van der Waals surface area contributed by atoms with Crippen LogP contribution in [-0.2, 0) is 19.6 Å². The first-order valence-electron chi connectivity index (χ1n) is 9.72. The van der Waals surface area contributed by atoms with Crippen molar-refractivity contribution >= 4 is 50.8 Å². The Labute approximate surface area is 191 Å². The van der Waals surface area contributed by atoms with Gasteiger partial charge in [0.25, 0.3) is 5.91 Å². The van der Waals surface area contributed by atoms with Gasteiger partial charge in [-0.05, 0) is 55.7 Å². The third-order valence-corrected chi connectivity index (χ3v) is 7.77. The summed E-state index contributed by atoms with van der Waals surface area (Å²) in [5.74, 6) is -1.38. The lowest BCUT2D eigenvalue weighted by molar-refractivity contribution is -0.119. The van der Waals surface area contributed by atoms with Gasteiger partial charge in [-0.25, -0.2) is 13.2 Å². The molecule has 3 rings (SSSR count). The van der Waals surface area contributed by atoms with Crippen LogP contribution in [0.3, 0.4) is 0 Å². The molecule has 0 spiro atoms. The first-order chi connectivity index (χ1) is 14.7. The monoisotopic (exact) mass is 484 g/mol. The fourth-order valence-electron chi connectivity index (χ4n) is 3.22. The molecule has 1 aliphatic heterocycles. The summed E-state index contributed by atoms with van der Waals surface area (Å²) in [5, 5.41) is 3.14. The Bertz CT molecular complexity index is 1100. The zero-order valence-corrected chi connectivity index (χ0v) is 19.2. The number of hydrogen-bond donors (Lipinski definition) is 1. The van der Waals surface area contributed by atoms with Crippen LogP contribution in [0.5, 0.6) is 0 Å². The summed E-state index contributed by atoms with van der Waals surface area (Å²) in [6, 6.07) is 8.95. The van der Waals surface area contributed by atoms with E-state index in [1.807, 2.05) is 0 Å². The van der Waals surface area contributed by atoms with Gasteiger partial charge in [-0.2, -0.15) is 4.31 Å². The molecular formula is C21H22Cl2N2O5S. The zero-order valence-electron chi connectivity index (χ0n) is 16.9. The van der Waals surface area contributed by atoms with Gasteiger partial charge in [0, 0.05) is 23.8 Å². The lowest BCUT2D eigenvalue weighted by atomic mass is 10.2. The van der Waals surface area contributed by atoms with Crippen LogP contribution in [-0.4, -0.2) is 44.3 Å². The minimum absolute atomic E-state index is 0.00767. The summed E-state index contributed by atoms with van der Waals surface area (Å²) in [7, 11) is -3.83. The number of benzene rings is 2. The van der Waals surface area contributed by atoms with E-state index >= 15 is 0 Å². The number of esters is 1. The van der Waals surface area contributed by atoms with Crippen molar-refractivity contribution in [1.82, 2.24) is 4.31 Å². The Morgan fingerprint density at radius 2 is 1.77 bits per heavy atom. The van der Waals surface area contributed by atoms with E-state index in [1.165, 1.54) is 22.5 Å². The predicted molar refractivity (Wildman–Crippen MR) is 119 cm³/mol. The number of amides is 1. The fourth-order valence-corrected chi connectivity index (χ4v) is 5.41. The average Bonchev–Trinajstić information content (AvgIpc) is 2.76. The molecule has 0 bridgehead atoms. The van der Waals surface area contributed by atoms with Crippen LogP contribution in [0.15, 0.2) is 41.3 Å². The van der Waals surface area contributed by atoms with Crippen LogP contribution < -0.4 is 5.32 Å². The average molecular weight is 485 g/mol. The number of ether oxygens (including phenoxy) is 1. The van der Waals surface area contributed by atoms with Crippen LogP contribution in [0.25, 0.3) is 0 Å². The zero-order chi connectivity index (χ0) is 22.6. The molecule has 0 atom stereocenters. The van der Waals surface area contributed by atoms with Gasteiger partial charge in [-0.1, -0.05) is 35.7 Å². The van der Waals surface area contributed by atoms with E-state index in [0.29, 0.717) is 29.4 Å². The molecule has 2 aromatic rings. The van der Waals surface area contributed by atoms with Crippen LogP contribution >= 0.6 is 23.2 Å². The summed E-state index contributed by atoms with van der Waals surface area (Å²) in [6.45, 7) is 2.04. The van der Waals surface area contributed by atoms with E-state index in [9.17, 15) is 18.0 Å². The van der Waals surface area contributed by atoms with E-state index < -0.39 is 28.5 Å². The number of halogens is 2. The van der Waals surface area contributed by atoms with Crippen molar-refractivity contribution in [3.63, 3.8) is 0 Å². The molecule has 0 aromatic heterocycles. The second kappa shape index (κ2) is 9.99. The predicted octanol–water partition coefficient (Wildman–Crippen LogP) is 4.27. The summed E-state index contributed by atoms with van der Waals surface area (Å²) >= 11 is 12.1. The number of hydrogen-bond acceptors (Lipinski definition) is 5. The molecule has 1 saturated heterocycles. The first-order valence-corrected chi connectivity index (χ1v) is 11.9. The minimum atomic E-state index is -3.83. The highest BCUT2D eigenvalue weighted by Gasteiger charge is 2.29. The number of nitrogens with zero attached hydrogens (tertiary/aromatic N) is 1. The molecule has 0 unspecified atom stereocenters. The van der Waals surface area contributed by atoms with Crippen molar-refractivity contribution in [3.05, 3.63) is 57.6 Å². The van der Waals surface area contributed by atoms with E-state index in [-0.39, 0.29) is 15.5 Å². The van der Waals surface area contributed by atoms with Crippen LogP contribution in [0, 0.1) is 6.92 Å². The molecule has 1 heterocycles. The molecule has 166 valence electrons. The van der Waals surface area contributed by atoms with Gasteiger partial charge >= 0.3 is 5.97 Å². The Morgan fingerprint density at radius 1 is 1.06 bits per heavy atom. The molecule has 0 aliphatic carbocycles. The van der Waals surface area contributed by atoms with Crippen LogP contribution in [0.4, 0.5) is 5.69 Å². The van der Waals surface area contributed by atoms with Crippen molar-refractivity contribution in [3.8, 4) is 0 Å². The third-order valence-electron chi connectivity index (χ3n) is 4.98. The summed E-state index contributed by atoms with van der Waals surface area (Å²) in [6.07, 6.45) is 2.53. The van der Waals surface area contributed by atoms with Gasteiger partial charge in [0.15, 0.2) is 6.61 Å². The van der Waals surface area contributed by atoms with Crippen LogP contribution in [0.2, 0.25) is 10.0 Å². The van der Waals surface area contributed by atoms with Gasteiger partial charge in [0.05, 0.1) is 10.6 Å². The molecule has 0 saturated carbocycles. The number of sulfonamides is 1. The Kier molecular flexibility index (Phi) is 7.59. The highest BCUT2D eigenvalue weighted by molar-refractivity contribution is 7.89. The topological polar surface area (TPSA) is 92.8 Å². The molecule has 31 heavy (non-hydrogen) atoms. The van der Waals surface area contributed by atoms with Gasteiger partial charge in [-0.3, -0.25) is 4.79 Å². The molecule has 2 aromatic carbocycles. The highest BCUT2D eigenvalue weighted by atomic mass is 35.5. The molecule has 1 N–H and O–H groups in total. The van der Waals surface area contributed by atoms with Crippen molar-refractivity contribution in [2.45, 2.75) is 31.1 Å². The van der Waals surface area contributed by atoms with Crippen molar-refractivity contribution in [2.24, 2.45) is 0 Å². The molecule has 1 amide bonds. The van der Waals surface area contributed by atoms with E-state index in [1.54, 1.807) is 25.1 Å². The van der Waals surface area contributed by atoms with E-state index in [0.717, 1.165) is 19.3 Å². The maximum Gasteiger partial charge on any atom is 0.338 e. The standard InChI is InChI=1S/C21H22Cl2N2O5S/c1-14-16(22)6-5-7-18(14)24-20(26)13-30-21(27)15-8-9-17(23)19(12-15)31(28,29)25-10-3-2-4-11-25/h5-9,12H,2-4,10-11,13H2,1H3,(H,24,26). The number of anilines is 1. The normalized spacial score (nSPS) is 14.8. The number of piperidine rings is 1. The second-order valence-electron chi connectivity index (χ2n) is 7.15. The first kappa shape index (κ1) is 23.5. The largest absolute Gasteiger partial charge is 0.452 e. The van der Waals surface area contributed by atoms with Gasteiger partial charge in [0.2, 0.25) is 10.0 Å². The van der Waals surface area contributed by atoms with Crippen molar-refractivity contribution in [1.29, 1.82) is 0 Å². The maximum atomic E-state index is 12.9. The summed E-state index contributed by atoms with van der Waals surface area (Å²) in [4.78, 5) is 24.4. The minimum Gasteiger partial charge on any atom is -0.452 e. The quantitative estimate of drug-likeness (QED) is 0.617. The number of carbonyl (C=O) groups is 2. The molecule has 0 radical (unpaired) electrons. The lowest BCUT2D eigenvalue weighted by Gasteiger charge is -2.26. The third kappa shape index (κ3) is 5.57. The molecular weight excluding hydrogens is 463 g/mol. The van der Waals surface area contributed by atoms with Gasteiger partial charge in [0.1, 0.15) is 4.90 Å². The Morgan fingerprint density at radius 3 is 2.48 bits per heavy atom. The number of nitrogens with one attached hydrogen (secondary N) is 1. The van der Waals surface area contributed by atoms with Crippen molar-refractivity contribution in [2.75, 3.05) is 25.0 Å². The maximum absolute atomic E-state index is 12.9. The molecule has 1 fully saturated rings.